The molecule has 1 atom stereocenters. The van der Waals surface area contributed by atoms with Crippen LogP contribution >= 0.6 is 0 Å². The molecule has 122 valence electrons. The molecule has 0 amide bonds. The molecule has 0 saturated carbocycles. The highest BCUT2D eigenvalue weighted by Gasteiger charge is 2.32. The van der Waals surface area contributed by atoms with Crippen LogP contribution in [0.2, 0.25) is 0 Å². The van der Waals surface area contributed by atoms with Gasteiger partial charge in [0.2, 0.25) is 10.0 Å². The van der Waals surface area contributed by atoms with Gasteiger partial charge in [-0.3, -0.25) is 4.98 Å². The van der Waals surface area contributed by atoms with E-state index in [1.54, 1.807) is 10.5 Å². The topological polar surface area (TPSA) is 50.3 Å². The second-order valence-electron chi connectivity index (χ2n) is 6.34. The number of sulfonamides is 1. The minimum Gasteiger partial charge on any atom is -0.261 e. The fourth-order valence-electron chi connectivity index (χ4n) is 2.99. The molecule has 1 aliphatic rings. The van der Waals surface area contributed by atoms with Gasteiger partial charge in [-0.2, -0.15) is 0 Å². The minimum absolute atomic E-state index is 0.0707. The van der Waals surface area contributed by atoms with Crippen molar-refractivity contribution >= 4 is 10.0 Å². The Hall–Kier alpha value is -1.72. The van der Waals surface area contributed by atoms with Crippen molar-refractivity contribution in [3.05, 3.63) is 65.0 Å². The Labute approximate surface area is 138 Å². The van der Waals surface area contributed by atoms with Crippen LogP contribution in [0.15, 0.2) is 42.6 Å². The van der Waals surface area contributed by atoms with Gasteiger partial charge in [0.15, 0.2) is 0 Å². The Balaban J connectivity index is 1.71. The molecule has 2 heterocycles. The highest BCUT2D eigenvalue weighted by Crippen LogP contribution is 2.29. The van der Waals surface area contributed by atoms with Gasteiger partial charge in [-0.25, -0.2) is 12.7 Å². The summed E-state index contributed by atoms with van der Waals surface area (Å²) in [6.45, 7) is 5.14. The highest BCUT2D eigenvalue weighted by molar-refractivity contribution is 7.88. The van der Waals surface area contributed by atoms with Crippen molar-refractivity contribution in [3.63, 3.8) is 0 Å². The van der Waals surface area contributed by atoms with Gasteiger partial charge >= 0.3 is 0 Å². The van der Waals surface area contributed by atoms with Gasteiger partial charge in [0.1, 0.15) is 0 Å². The molecule has 0 N–H and O–H groups in total. The van der Waals surface area contributed by atoms with Gasteiger partial charge in [0, 0.05) is 30.9 Å². The summed E-state index contributed by atoms with van der Waals surface area (Å²) < 4.78 is 26.9. The van der Waals surface area contributed by atoms with Crippen LogP contribution in [-0.2, 0) is 15.8 Å². The van der Waals surface area contributed by atoms with Gasteiger partial charge in [-0.05, 0) is 43.5 Å². The number of hydrogen-bond acceptors (Lipinski definition) is 3. The van der Waals surface area contributed by atoms with E-state index in [0.29, 0.717) is 13.1 Å². The van der Waals surface area contributed by atoms with E-state index in [2.05, 4.69) is 11.1 Å². The number of pyridine rings is 1. The maximum absolute atomic E-state index is 12.6. The molecule has 1 aromatic heterocycles. The van der Waals surface area contributed by atoms with Crippen LogP contribution < -0.4 is 0 Å². The number of aryl methyl sites for hydroxylation is 2. The Morgan fingerprint density at radius 1 is 1.13 bits per heavy atom. The first-order chi connectivity index (χ1) is 10.9. The van der Waals surface area contributed by atoms with Crippen LogP contribution in [0.1, 0.15) is 34.7 Å². The molecule has 4 nitrogen and oxygen atoms in total. The van der Waals surface area contributed by atoms with E-state index in [1.165, 1.54) is 0 Å². The van der Waals surface area contributed by atoms with E-state index in [0.717, 1.165) is 28.8 Å². The first kappa shape index (κ1) is 16.1. The predicted octanol–water partition coefficient (Wildman–Crippen LogP) is 3.02. The van der Waals surface area contributed by atoms with Crippen LogP contribution in [0.4, 0.5) is 0 Å². The molecule has 1 aromatic carbocycles. The fraction of sp³-hybridized carbons (Fsp3) is 0.389. The van der Waals surface area contributed by atoms with Crippen LogP contribution in [0.3, 0.4) is 0 Å². The summed E-state index contributed by atoms with van der Waals surface area (Å²) in [4.78, 5) is 4.41. The van der Waals surface area contributed by atoms with E-state index in [9.17, 15) is 8.42 Å². The first-order valence-electron chi connectivity index (χ1n) is 7.90. The van der Waals surface area contributed by atoms with Crippen molar-refractivity contribution in [1.29, 1.82) is 0 Å². The van der Waals surface area contributed by atoms with Crippen molar-refractivity contribution in [3.8, 4) is 0 Å². The van der Waals surface area contributed by atoms with Gasteiger partial charge in [0.05, 0.1) is 5.75 Å². The number of benzene rings is 1. The van der Waals surface area contributed by atoms with Gasteiger partial charge < -0.3 is 0 Å². The lowest BCUT2D eigenvalue weighted by Crippen LogP contribution is -2.29. The lowest BCUT2D eigenvalue weighted by Gasteiger charge is -2.17. The third kappa shape index (κ3) is 3.79. The highest BCUT2D eigenvalue weighted by atomic mass is 32.2. The zero-order valence-corrected chi connectivity index (χ0v) is 14.4. The fourth-order valence-corrected chi connectivity index (χ4v) is 4.58. The first-order valence-corrected chi connectivity index (χ1v) is 9.51. The Morgan fingerprint density at radius 2 is 1.87 bits per heavy atom. The van der Waals surface area contributed by atoms with Crippen LogP contribution in [0, 0.1) is 13.8 Å². The summed E-state index contributed by atoms with van der Waals surface area (Å²) in [5.41, 5.74) is 4.14. The van der Waals surface area contributed by atoms with Crippen molar-refractivity contribution in [2.75, 3.05) is 13.1 Å². The predicted molar refractivity (Wildman–Crippen MR) is 91.7 cm³/mol. The van der Waals surface area contributed by atoms with E-state index in [1.807, 2.05) is 44.2 Å². The molecule has 0 spiro atoms. The zero-order valence-electron chi connectivity index (χ0n) is 13.6. The average Bonchev–Trinajstić information content (AvgIpc) is 3.00. The Bertz CT molecular complexity index is 785. The van der Waals surface area contributed by atoms with Gasteiger partial charge in [0.25, 0.3) is 0 Å². The van der Waals surface area contributed by atoms with Crippen LogP contribution in [0.5, 0.6) is 0 Å². The number of nitrogens with zero attached hydrogens (tertiary/aromatic N) is 2. The second kappa shape index (κ2) is 6.42. The van der Waals surface area contributed by atoms with Crippen molar-refractivity contribution in [1.82, 2.24) is 9.29 Å². The normalized spacial score (nSPS) is 19.1. The monoisotopic (exact) mass is 330 g/mol. The van der Waals surface area contributed by atoms with Gasteiger partial charge in [-0.1, -0.05) is 29.8 Å². The summed E-state index contributed by atoms with van der Waals surface area (Å²) in [6, 6.07) is 11.7. The van der Waals surface area contributed by atoms with E-state index in [-0.39, 0.29) is 11.7 Å². The molecular formula is C18H22N2O2S. The largest absolute Gasteiger partial charge is 0.261 e. The molecule has 0 bridgehead atoms. The third-order valence-corrected chi connectivity index (χ3v) is 6.19. The van der Waals surface area contributed by atoms with E-state index >= 15 is 0 Å². The maximum Gasteiger partial charge on any atom is 0.218 e. The Kier molecular flexibility index (Phi) is 4.50. The van der Waals surface area contributed by atoms with E-state index < -0.39 is 10.0 Å². The second-order valence-corrected chi connectivity index (χ2v) is 8.31. The molecule has 0 unspecified atom stereocenters. The van der Waals surface area contributed by atoms with E-state index in [4.69, 9.17) is 0 Å². The molecule has 3 rings (SSSR count). The Morgan fingerprint density at radius 3 is 2.57 bits per heavy atom. The van der Waals surface area contributed by atoms with Gasteiger partial charge in [-0.15, -0.1) is 0 Å². The van der Waals surface area contributed by atoms with Crippen LogP contribution in [0.25, 0.3) is 0 Å². The molecule has 23 heavy (non-hydrogen) atoms. The molecule has 1 fully saturated rings. The SMILES string of the molecule is Cc1ccc(CS(=O)(=O)N2CC[C@H](c3cc(C)ccn3)C2)cc1. The lowest BCUT2D eigenvalue weighted by molar-refractivity contribution is 0.471. The standard InChI is InChI=1S/C18H22N2O2S/c1-14-3-5-16(6-4-14)13-23(21,22)20-10-8-17(12-20)18-11-15(2)7-9-19-18/h3-7,9,11,17H,8,10,12-13H2,1-2H3/t17-/m0/s1. The van der Waals surface area contributed by atoms with Crippen LogP contribution in [-0.4, -0.2) is 30.8 Å². The summed E-state index contributed by atoms with van der Waals surface area (Å²) in [7, 11) is -3.27. The molecule has 2 aromatic rings. The molecule has 5 heteroatoms. The molecule has 0 radical (unpaired) electrons. The van der Waals surface area contributed by atoms with Crippen molar-refractivity contribution < 1.29 is 8.42 Å². The third-order valence-electron chi connectivity index (χ3n) is 4.37. The molecular weight excluding hydrogens is 308 g/mol. The number of aromatic nitrogens is 1. The van der Waals surface area contributed by atoms with Crippen molar-refractivity contribution in [2.45, 2.75) is 31.9 Å². The zero-order chi connectivity index (χ0) is 16.4. The summed E-state index contributed by atoms with van der Waals surface area (Å²) in [5, 5.41) is 0. The lowest BCUT2D eigenvalue weighted by atomic mass is 10.0. The molecule has 1 saturated heterocycles. The molecule has 0 aliphatic carbocycles. The summed E-state index contributed by atoms with van der Waals surface area (Å²) >= 11 is 0. The average molecular weight is 330 g/mol. The van der Waals surface area contributed by atoms with Crippen molar-refractivity contribution in [2.24, 2.45) is 0 Å². The summed E-state index contributed by atoms with van der Waals surface area (Å²) in [6.07, 6.45) is 2.64. The number of rotatable bonds is 4. The smallest absolute Gasteiger partial charge is 0.218 e. The quantitative estimate of drug-likeness (QED) is 0.866. The maximum atomic E-state index is 12.6. The number of hydrogen-bond donors (Lipinski definition) is 0. The minimum atomic E-state index is -3.27. The molecule has 1 aliphatic heterocycles. The summed E-state index contributed by atoms with van der Waals surface area (Å²) in [5.74, 6) is 0.268.